The molecule has 6 nitrogen and oxygen atoms in total. The first-order chi connectivity index (χ1) is 10.5. The van der Waals surface area contributed by atoms with Crippen molar-refractivity contribution in [2.75, 3.05) is 24.5 Å². The Balaban J connectivity index is 1.94. The molecule has 22 heavy (non-hydrogen) atoms. The van der Waals surface area contributed by atoms with Gasteiger partial charge in [0.15, 0.2) is 0 Å². The van der Waals surface area contributed by atoms with Crippen LogP contribution < -0.4 is 10.6 Å². The summed E-state index contributed by atoms with van der Waals surface area (Å²) >= 11 is 3.58. The summed E-state index contributed by atoms with van der Waals surface area (Å²) in [5.74, 6) is -0.176. The lowest BCUT2D eigenvalue weighted by molar-refractivity contribution is -0.117. The van der Waals surface area contributed by atoms with Crippen molar-refractivity contribution in [2.45, 2.75) is 24.8 Å². The van der Waals surface area contributed by atoms with Crippen molar-refractivity contribution in [1.29, 1.82) is 0 Å². The Bertz CT molecular complexity index is 622. The number of fused-ring (bicyclic) bond motifs is 3. The summed E-state index contributed by atoms with van der Waals surface area (Å²) in [5, 5.41) is 9.24. The maximum absolute atomic E-state index is 11.3. The summed E-state index contributed by atoms with van der Waals surface area (Å²) in [7, 11) is 0. The van der Waals surface area contributed by atoms with E-state index in [2.05, 4.69) is 20.8 Å². The second-order valence-corrected chi connectivity index (χ2v) is 6.63. The van der Waals surface area contributed by atoms with Crippen LogP contribution in [0.3, 0.4) is 0 Å². The predicted molar refractivity (Wildman–Crippen MR) is 86.0 cm³/mol. The Hall–Kier alpha value is -1.76. The summed E-state index contributed by atoms with van der Waals surface area (Å²) in [6, 6.07) is 6.22. The highest BCUT2D eigenvalue weighted by Gasteiger charge is 2.43. The topological polar surface area (TPSA) is 86.9 Å². The van der Waals surface area contributed by atoms with Crippen LogP contribution in [0.5, 0.6) is 0 Å². The van der Waals surface area contributed by atoms with Crippen LogP contribution in [0.4, 0.5) is 10.5 Å². The average Bonchev–Trinajstić information content (AvgIpc) is 2.79. The van der Waals surface area contributed by atoms with Crippen molar-refractivity contribution in [3.8, 4) is 0 Å². The number of nitrogens with two attached hydrogens (primary N) is 1. The average molecular weight is 368 g/mol. The van der Waals surface area contributed by atoms with Crippen molar-refractivity contribution in [3.05, 3.63) is 28.2 Å². The van der Waals surface area contributed by atoms with Crippen molar-refractivity contribution in [1.82, 2.24) is 4.90 Å². The Morgan fingerprint density at radius 3 is 2.86 bits per heavy atom. The van der Waals surface area contributed by atoms with E-state index in [0.717, 1.165) is 22.1 Å². The Labute approximate surface area is 137 Å². The van der Waals surface area contributed by atoms with Gasteiger partial charge in [-0.1, -0.05) is 12.1 Å². The van der Waals surface area contributed by atoms with Gasteiger partial charge in [-0.25, -0.2) is 4.79 Å². The molecule has 2 unspecified atom stereocenters. The van der Waals surface area contributed by atoms with Crippen molar-refractivity contribution >= 4 is 33.6 Å². The standard InChI is InChI=1S/C15H18BrN3O3/c16-11-3-1-2-9-10-8-18(15(21)22)6-4-12(10)19(14(9)11)7-5-13(17)20/h1-3,10,12H,4-8H2,(H2,17,20)(H,21,22). The summed E-state index contributed by atoms with van der Waals surface area (Å²) < 4.78 is 0.978. The van der Waals surface area contributed by atoms with Crippen LogP contribution in [0.15, 0.2) is 22.7 Å². The van der Waals surface area contributed by atoms with Crippen LogP contribution in [-0.4, -0.2) is 47.7 Å². The van der Waals surface area contributed by atoms with Gasteiger partial charge in [-0.15, -0.1) is 0 Å². The maximum Gasteiger partial charge on any atom is 0.407 e. The molecular weight excluding hydrogens is 350 g/mol. The van der Waals surface area contributed by atoms with Gasteiger partial charge in [0.1, 0.15) is 0 Å². The smallest absolute Gasteiger partial charge is 0.407 e. The third kappa shape index (κ3) is 2.54. The monoisotopic (exact) mass is 367 g/mol. The van der Waals surface area contributed by atoms with Gasteiger partial charge in [0.25, 0.3) is 0 Å². The van der Waals surface area contributed by atoms with E-state index >= 15 is 0 Å². The third-order valence-electron chi connectivity index (χ3n) is 4.55. The van der Waals surface area contributed by atoms with E-state index in [1.165, 1.54) is 4.90 Å². The largest absolute Gasteiger partial charge is 0.465 e. The number of carboxylic acid groups (broad SMARTS) is 1. The number of amides is 2. The van der Waals surface area contributed by atoms with Crippen LogP contribution in [0.1, 0.15) is 24.3 Å². The van der Waals surface area contributed by atoms with E-state index in [0.29, 0.717) is 26.1 Å². The van der Waals surface area contributed by atoms with Crippen LogP contribution in [0.25, 0.3) is 0 Å². The van der Waals surface area contributed by atoms with E-state index in [1.54, 1.807) is 0 Å². The molecule has 0 spiro atoms. The maximum atomic E-state index is 11.3. The first kappa shape index (κ1) is 15.1. The quantitative estimate of drug-likeness (QED) is 0.854. The molecule has 2 aliphatic heterocycles. The van der Waals surface area contributed by atoms with Crippen LogP contribution in [0, 0.1) is 0 Å². The number of hydrogen-bond acceptors (Lipinski definition) is 3. The van der Waals surface area contributed by atoms with Gasteiger partial charge >= 0.3 is 6.09 Å². The number of likely N-dealkylation sites (tertiary alicyclic amines) is 1. The molecule has 2 heterocycles. The third-order valence-corrected chi connectivity index (χ3v) is 5.19. The Kier molecular flexibility index (Phi) is 3.99. The number of primary amides is 1. The first-order valence-electron chi connectivity index (χ1n) is 7.30. The minimum Gasteiger partial charge on any atom is -0.465 e. The zero-order valence-electron chi connectivity index (χ0n) is 12.0. The van der Waals surface area contributed by atoms with Crippen LogP contribution >= 0.6 is 15.9 Å². The molecule has 2 aliphatic rings. The number of carbonyl (C=O) groups is 2. The van der Waals surface area contributed by atoms with Crippen LogP contribution in [-0.2, 0) is 4.79 Å². The lowest BCUT2D eigenvalue weighted by atomic mass is 9.89. The fourth-order valence-electron chi connectivity index (χ4n) is 3.60. The van der Waals surface area contributed by atoms with E-state index in [1.807, 2.05) is 18.2 Å². The molecule has 0 radical (unpaired) electrons. The molecule has 0 aliphatic carbocycles. The number of piperidine rings is 1. The fraction of sp³-hybridized carbons (Fsp3) is 0.467. The lowest BCUT2D eigenvalue weighted by Gasteiger charge is -2.37. The number of carbonyl (C=O) groups excluding carboxylic acids is 1. The normalized spacial score (nSPS) is 23.1. The number of hydrogen-bond donors (Lipinski definition) is 2. The van der Waals surface area contributed by atoms with Gasteiger partial charge in [0.2, 0.25) is 5.91 Å². The van der Waals surface area contributed by atoms with Gasteiger partial charge in [-0.2, -0.15) is 0 Å². The van der Waals surface area contributed by atoms with Gasteiger partial charge in [-0.3, -0.25) is 4.79 Å². The summed E-state index contributed by atoms with van der Waals surface area (Å²) in [6.07, 6.45) is 0.189. The molecule has 2 atom stereocenters. The molecule has 2 amide bonds. The van der Waals surface area contributed by atoms with Gasteiger partial charge in [-0.05, 0) is 34.0 Å². The zero-order valence-corrected chi connectivity index (χ0v) is 13.6. The Morgan fingerprint density at radius 1 is 1.41 bits per heavy atom. The zero-order chi connectivity index (χ0) is 15.9. The highest BCUT2D eigenvalue weighted by molar-refractivity contribution is 9.10. The molecule has 3 N–H and O–H groups in total. The van der Waals surface area contributed by atoms with E-state index < -0.39 is 6.09 Å². The minimum absolute atomic E-state index is 0.144. The summed E-state index contributed by atoms with van der Waals surface area (Å²) in [5.41, 5.74) is 7.52. The highest BCUT2D eigenvalue weighted by Crippen LogP contribution is 2.47. The molecule has 1 saturated heterocycles. The molecular formula is C15H18BrN3O3. The Morgan fingerprint density at radius 2 is 2.18 bits per heavy atom. The molecule has 1 aromatic rings. The predicted octanol–water partition coefficient (Wildman–Crippen LogP) is 1.98. The van der Waals surface area contributed by atoms with E-state index in [-0.39, 0.29) is 17.9 Å². The molecule has 1 fully saturated rings. The molecule has 3 rings (SSSR count). The lowest BCUT2D eigenvalue weighted by Crippen LogP contribution is -2.48. The number of anilines is 1. The van der Waals surface area contributed by atoms with Crippen molar-refractivity contribution < 1.29 is 14.7 Å². The van der Waals surface area contributed by atoms with Gasteiger partial charge in [0.05, 0.1) is 5.69 Å². The second-order valence-electron chi connectivity index (χ2n) is 5.78. The van der Waals surface area contributed by atoms with Gasteiger partial charge < -0.3 is 20.6 Å². The van der Waals surface area contributed by atoms with E-state index in [4.69, 9.17) is 5.73 Å². The molecule has 0 aromatic heterocycles. The number of benzene rings is 1. The SMILES string of the molecule is NC(=O)CCN1c2c(Br)cccc2C2CN(C(=O)O)CCC21. The summed E-state index contributed by atoms with van der Waals surface area (Å²) in [4.78, 5) is 26.1. The molecule has 118 valence electrons. The van der Waals surface area contributed by atoms with E-state index in [9.17, 15) is 14.7 Å². The molecule has 0 saturated carbocycles. The van der Waals surface area contributed by atoms with Crippen molar-refractivity contribution in [2.24, 2.45) is 5.73 Å². The fourth-order valence-corrected chi connectivity index (χ4v) is 4.21. The number of rotatable bonds is 3. The highest BCUT2D eigenvalue weighted by atomic mass is 79.9. The molecule has 7 heteroatoms. The molecule has 1 aromatic carbocycles. The van der Waals surface area contributed by atoms with Crippen molar-refractivity contribution in [3.63, 3.8) is 0 Å². The first-order valence-corrected chi connectivity index (χ1v) is 8.09. The number of nitrogens with zero attached hydrogens (tertiary/aromatic N) is 2. The summed E-state index contributed by atoms with van der Waals surface area (Å²) in [6.45, 7) is 1.59. The second kappa shape index (κ2) is 5.79. The number of para-hydroxylation sites is 1. The minimum atomic E-state index is -0.870. The molecule has 0 bridgehead atoms. The van der Waals surface area contributed by atoms with Crippen LogP contribution in [0.2, 0.25) is 0 Å². The number of halogens is 1. The van der Waals surface area contributed by atoms with Gasteiger partial charge in [0, 0.05) is 42.5 Å².